The normalized spacial score (nSPS) is 13.5. The summed E-state index contributed by atoms with van der Waals surface area (Å²) in [7, 11) is 0. The predicted octanol–water partition coefficient (Wildman–Crippen LogP) is 3.31. The zero-order valence-corrected chi connectivity index (χ0v) is 14.3. The SMILES string of the molecule is C/C=C(\C=C/C(C)O)c1nc2ncnc(NCc3ccccc3)c2[nH]1. The number of nitrogens with zero attached hydrogens (tertiary/aromatic N) is 3. The van der Waals surface area contributed by atoms with Gasteiger partial charge in [0.2, 0.25) is 0 Å². The van der Waals surface area contributed by atoms with Crippen molar-refractivity contribution in [3.63, 3.8) is 0 Å². The lowest BCUT2D eigenvalue weighted by Gasteiger charge is -2.05. The van der Waals surface area contributed by atoms with Crippen molar-refractivity contribution in [3.8, 4) is 0 Å². The van der Waals surface area contributed by atoms with Crippen LogP contribution < -0.4 is 5.32 Å². The van der Waals surface area contributed by atoms with E-state index in [9.17, 15) is 5.11 Å². The van der Waals surface area contributed by atoms with Gasteiger partial charge >= 0.3 is 0 Å². The zero-order valence-electron chi connectivity index (χ0n) is 14.3. The highest BCUT2D eigenvalue weighted by Gasteiger charge is 2.11. The summed E-state index contributed by atoms with van der Waals surface area (Å²) in [5, 5.41) is 12.8. The number of rotatable bonds is 6. The largest absolute Gasteiger partial charge is 0.389 e. The molecule has 0 aliphatic carbocycles. The molecule has 1 aromatic carbocycles. The fourth-order valence-electron chi connectivity index (χ4n) is 2.44. The van der Waals surface area contributed by atoms with E-state index in [1.54, 1.807) is 13.0 Å². The second-order valence-electron chi connectivity index (χ2n) is 5.69. The van der Waals surface area contributed by atoms with E-state index in [-0.39, 0.29) is 0 Å². The Labute approximate surface area is 146 Å². The predicted molar refractivity (Wildman–Crippen MR) is 99.9 cm³/mol. The average Bonchev–Trinajstić information content (AvgIpc) is 3.05. The number of H-pyrrole nitrogens is 1. The molecule has 0 fully saturated rings. The molecule has 6 heteroatoms. The van der Waals surface area contributed by atoms with Gasteiger partial charge in [0.25, 0.3) is 0 Å². The Balaban J connectivity index is 1.87. The molecule has 1 unspecified atom stereocenters. The monoisotopic (exact) mass is 335 g/mol. The van der Waals surface area contributed by atoms with Gasteiger partial charge in [0, 0.05) is 12.1 Å². The van der Waals surface area contributed by atoms with Crippen molar-refractivity contribution in [2.45, 2.75) is 26.5 Å². The minimum absolute atomic E-state index is 0.512. The van der Waals surface area contributed by atoms with Crippen LogP contribution in [0.3, 0.4) is 0 Å². The number of aromatic amines is 1. The van der Waals surface area contributed by atoms with E-state index in [2.05, 4.69) is 37.4 Å². The minimum Gasteiger partial charge on any atom is -0.389 e. The molecule has 0 bridgehead atoms. The van der Waals surface area contributed by atoms with Gasteiger partial charge in [-0.25, -0.2) is 15.0 Å². The lowest BCUT2D eigenvalue weighted by Crippen LogP contribution is -2.02. The van der Waals surface area contributed by atoms with Gasteiger partial charge in [0.1, 0.15) is 17.7 Å². The lowest BCUT2D eigenvalue weighted by atomic mass is 10.2. The van der Waals surface area contributed by atoms with E-state index in [4.69, 9.17) is 0 Å². The highest BCUT2D eigenvalue weighted by molar-refractivity contribution is 5.85. The van der Waals surface area contributed by atoms with Crippen molar-refractivity contribution < 1.29 is 5.11 Å². The van der Waals surface area contributed by atoms with Gasteiger partial charge in [-0.15, -0.1) is 0 Å². The maximum atomic E-state index is 9.43. The molecular formula is C19H21N5O. The number of nitrogens with one attached hydrogen (secondary N) is 2. The molecule has 0 spiro atoms. The number of imidazole rings is 1. The fraction of sp³-hybridized carbons (Fsp3) is 0.211. The van der Waals surface area contributed by atoms with Crippen molar-refractivity contribution in [3.05, 3.63) is 66.3 Å². The van der Waals surface area contributed by atoms with Gasteiger partial charge in [-0.3, -0.25) is 0 Å². The minimum atomic E-state index is -0.512. The van der Waals surface area contributed by atoms with Gasteiger partial charge in [-0.05, 0) is 19.4 Å². The standard InChI is InChI=1S/C19H21N5O/c1-3-15(10-9-13(2)25)17-23-16-18(21-12-22-19(16)24-17)20-11-14-7-5-4-6-8-14/h3-10,12-13,25H,11H2,1-2H3,(H2,20,21,22,23,24)/b10-9-,15-3+. The van der Waals surface area contributed by atoms with Gasteiger partial charge in [0.05, 0.1) is 6.10 Å². The molecule has 0 saturated heterocycles. The number of allylic oxidation sites excluding steroid dienone is 3. The molecule has 0 saturated carbocycles. The number of hydrogen-bond donors (Lipinski definition) is 3. The van der Waals surface area contributed by atoms with Gasteiger partial charge in [-0.2, -0.15) is 0 Å². The van der Waals surface area contributed by atoms with Crippen LogP contribution in [-0.4, -0.2) is 31.1 Å². The van der Waals surface area contributed by atoms with E-state index in [0.717, 1.165) is 11.1 Å². The van der Waals surface area contributed by atoms with Crippen LogP contribution in [0.1, 0.15) is 25.2 Å². The van der Waals surface area contributed by atoms with E-state index >= 15 is 0 Å². The van der Waals surface area contributed by atoms with Crippen LogP contribution >= 0.6 is 0 Å². The second kappa shape index (κ2) is 7.72. The van der Waals surface area contributed by atoms with Crippen LogP contribution in [-0.2, 0) is 6.54 Å². The highest BCUT2D eigenvalue weighted by atomic mass is 16.3. The molecule has 0 aliphatic heterocycles. The highest BCUT2D eigenvalue weighted by Crippen LogP contribution is 2.21. The summed E-state index contributed by atoms with van der Waals surface area (Å²) in [4.78, 5) is 16.4. The summed E-state index contributed by atoms with van der Waals surface area (Å²) >= 11 is 0. The first kappa shape index (κ1) is 16.9. The van der Waals surface area contributed by atoms with Gasteiger partial charge in [0.15, 0.2) is 11.5 Å². The van der Waals surface area contributed by atoms with E-state index < -0.39 is 6.10 Å². The summed E-state index contributed by atoms with van der Waals surface area (Å²) < 4.78 is 0. The first-order valence-corrected chi connectivity index (χ1v) is 8.19. The molecule has 3 rings (SSSR count). The fourth-order valence-corrected chi connectivity index (χ4v) is 2.44. The quantitative estimate of drug-likeness (QED) is 0.602. The number of anilines is 1. The van der Waals surface area contributed by atoms with Crippen molar-refractivity contribution in [1.82, 2.24) is 19.9 Å². The van der Waals surface area contributed by atoms with E-state index in [0.29, 0.717) is 23.8 Å². The molecule has 0 radical (unpaired) electrons. The second-order valence-corrected chi connectivity index (χ2v) is 5.69. The van der Waals surface area contributed by atoms with Crippen molar-refractivity contribution in [2.75, 3.05) is 5.32 Å². The number of aromatic nitrogens is 4. The molecule has 2 heterocycles. The number of aliphatic hydroxyl groups excluding tert-OH is 1. The Hall–Kier alpha value is -2.99. The summed E-state index contributed by atoms with van der Waals surface area (Å²) in [6.45, 7) is 4.30. The third-order valence-electron chi connectivity index (χ3n) is 3.73. The van der Waals surface area contributed by atoms with E-state index in [1.165, 1.54) is 11.9 Å². The number of benzene rings is 1. The molecule has 0 aliphatic rings. The molecule has 2 aromatic heterocycles. The third-order valence-corrected chi connectivity index (χ3v) is 3.73. The number of fused-ring (bicyclic) bond motifs is 1. The third kappa shape index (κ3) is 4.10. The smallest absolute Gasteiger partial charge is 0.183 e. The molecule has 0 amide bonds. The molecule has 6 nitrogen and oxygen atoms in total. The van der Waals surface area contributed by atoms with Crippen LogP contribution in [0.15, 0.2) is 54.9 Å². The maximum absolute atomic E-state index is 9.43. The molecule has 25 heavy (non-hydrogen) atoms. The molecule has 128 valence electrons. The first-order valence-electron chi connectivity index (χ1n) is 8.19. The van der Waals surface area contributed by atoms with Crippen LogP contribution in [0, 0.1) is 0 Å². The zero-order chi connectivity index (χ0) is 17.6. The molecule has 3 N–H and O–H groups in total. The maximum Gasteiger partial charge on any atom is 0.183 e. The summed E-state index contributed by atoms with van der Waals surface area (Å²) in [5.74, 6) is 1.40. The topological polar surface area (TPSA) is 86.7 Å². The summed E-state index contributed by atoms with van der Waals surface area (Å²) in [5.41, 5.74) is 3.42. The van der Waals surface area contributed by atoms with Crippen molar-refractivity contribution in [1.29, 1.82) is 0 Å². The Morgan fingerprint density at radius 1 is 1.28 bits per heavy atom. The van der Waals surface area contributed by atoms with Crippen LogP contribution in [0.5, 0.6) is 0 Å². The van der Waals surface area contributed by atoms with Crippen molar-refractivity contribution in [2.24, 2.45) is 0 Å². The van der Waals surface area contributed by atoms with Crippen LogP contribution in [0.2, 0.25) is 0 Å². The Morgan fingerprint density at radius 2 is 2.08 bits per heavy atom. The molecule has 1 atom stereocenters. The average molecular weight is 335 g/mol. The Bertz CT molecular complexity index is 897. The van der Waals surface area contributed by atoms with Crippen molar-refractivity contribution >= 4 is 22.6 Å². The number of aliphatic hydroxyl groups is 1. The van der Waals surface area contributed by atoms with Crippen LogP contribution in [0.4, 0.5) is 5.82 Å². The van der Waals surface area contributed by atoms with Gasteiger partial charge in [-0.1, -0.05) is 48.6 Å². The Morgan fingerprint density at radius 3 is 2.80 bits per heavy atom. The lowest BCUT2D eigenvalue weighted by molar-refractivity contribution is 0.244. The molecule has 3 aromatic rings. The van der Waals surface area contributed by atoms with E-state index in [1.807, 2.05) is 37.3 Å². The Kier molecular flexibility index (Phi) is 5.20. The molecular weight excluding hydrogens is 314 g/mol. The summed E-state index contributed by atoms with van der Waals surface area (Å²) in [6, 6.07) is 10.1. The first-order chi connectivity index (χ1) is 12.2. The summed E-state index contributed by atoms with van der Waals surface area (Å²) in [6.07, 6.45) is 6.47. The number of hydrogen-bond acceptors (Lipinski definition) is 5. The van der Waals surface area contributed by atoms with Gasteiger partial charge < -0.3 is 15.4 Å². The van der Waals surface area contributed by atoms with Crippen LogP contribution in [0.25, 0.3) is 16.7 Å².